The Morgan fingerprint density at radius 1 is 1.40 bits per heavy atom. The molecule has 0 spiro atoms. The van der Waals surface area contributed by atoms with E-state index in [1.165, 1.54) is 4.90 Å². The van der Waals surface area contributed by atoms with E-state index in [9.17, 15) is 9.59 Å². The van der Waals surface area contributed by atoms with Crippen molar-refractivity contribution in [3.63, 3.8) is 0 Å². The Morgan fingerprint density at radius 2 is 2.15 bits per heavy atom. The van der Waals surface area contributed by atoms with E-state index in [1.807, 2.05) is 30.7 Å². The summed E-state index contributed by atoms with van der Waals surface area (Å²) in [6.45, 7) is 4.91. The smallest absolute Gasteiger partial charge is 0.270 e. The number of imidazole rings is 1. The molecule has 0 aliphatic carbocycles. The highest BCUT2D eigenvalue weighted by atomic mass is 16.2. The summed E-state index contributed by atoms with van der Waals surface area (Å²) in [4.78, 5) is 30.3. The van der Waals surface area contributed by atoms with Crippen LogP contribution in [0.4, 0.5) is 0 Å². The molecule has 0 bridgehead atoms. The van der Waals surface area contributed by atoms with E-state index in [-0.39, 0.29) is 5.91 Å². The Hall–Kier alpha value is -2.37. The van der Waals surface area contributed by atoms with Gasteiger partial charge in [0.1, 0.15) is 5.70 Å². The zero-order valence-corrected chi connectivity index (χ0v) is 11.9. The van der Waals surface area contributed by atoms with E-state index in [2.05, 4.69) is 4.98 Å². The molecular weight excluding hydrogens is 256 g/mol. The maximum Gasteiger partial charge on any atom is 0.270 e. The molecule has 1 aromatic rings. The van der Waals surface area contributed by atoms with Gasteiger partial charge < -0.3 is 14.4 Å². The van der Waals surface area contributed by atoms with Gasteiger partial charge >= 0.3 is 0 Å². The summed E-state index contributed by atoms with van der Waals surface area (Å²) < 4.78 is 1.87. The number of aromatic nitrogens is 2. The maximum atomic E-state index is 12.1. The molecule has 2 heterocycles. The number of nitrogens with zero attached hydrogens (tertiary/aromatic N) is 4. The predicted molar refractivity (Wildman–Crippen MR) is 75.4 cm³/mol. The molecule has 0 radical (unpaired) electrons. The second-order valence-electron chi connectivity index (χ2n) is 4.81. The van der Waals surface area contributed by atoms with Crippen LogP contribution in [-0.2, 0) is 9.59 Å². The largest absolute Gasteiger partial charge is 0.339 e. The highest BCUT2D eigenvalue weighted by Crippen LogP contribution is 2.13. The van der Waals surface area contributed by atoms with Gasteiger partial charge in [0.15, 0.2) is 0 Å². The van der Waals surface area contributed by atoms with Crippen LogP contribution < -0.4 is 0 Å². The molecule has 1 fully saturated rings. The summed E-state index contributed by atoms with van der Waals surface area (Å²) in [6, 6.07) is 0. The fourth-order valence-corrected chi connectivity index (χ4v) is 1.97. The lowest BCUT2D eigenvalue weighted by Gasteiger charge is -2.31. The minimum absolute atomic E-state index is 0.144. The lowest BCUT2D eigenvalue weighted by Crippen LogP contribution is -2.46. The average Bonchev–Trinajstić information content (AvgIpc) is 2.86. The molecule has 1 saturated heterocycles. The van der Waals surface area contributed by atoms with E-state index in [0.29, 0.717) is 25.2 Å². The number of amides is 2. The number of allylic oxidation sites excluding steroid dienone is 3. The normalized spacial score (nSPS) is 18.9. The highest BCUT2D eigenvalue weighted by Gasteiger charge is 2.25. The molecular formula is C14H18N4O2. The average molecular weight is 274 g/mol. The van der Waals surface area contributed by atoms with Crippen molar-refractivity contribution >= 4 is 18.0 Å². The molecule has 6 heteroatoms. The van der Waals surface area contributed by atoms with Crippen molar-refractivity contribution in [3.05, 3.63) is 36.1 Å². The van der Waals surface area contributed by atoms with E-state index in [1.54, 1.807) is 24.4 Å². The number of hydrogen-bond acceptors (Lipinski definition) is 3. The van der Waals surface area contributed by atoms with Crippen molar-refractivity contribution in [3.8, 4) is 0 Å². The summed E-state index contributed by atoms with van der Waals surface area (Å²) in [5.41, 5.74) is 2.24. The second kappa shape index (κ2) is 5.73. The van der Waals surface area contributed by atoms with Gasteiger partial charge in [0, 0.05) is 32.0 Å². The summed E-state index contributed by atoms with van der Waals surface area (Å²) in [6.07, 6.45) is 7.80. The molecule has 106 valence electrons. The van der Waals surface area contributed by atoms with Crippen LogP contribution in [0.5, 0.6) is 0 Å². The fraction of sp³-hybridized carbons (Fsp3) is 0.357. The third-order valence-electron chi connectivity index (χ3n) is 3.28. The molecule has 2 rings (SSSR count). The molecule has 0 unspecified atom stereocenters. The third-order valence-corrected chi connectivity index (χ3v) is 3.28. The van der Waals surface area contributed by atoms with Crippen molar-refractivity contribution in [2.24, 2.45) is 0 Å². The van der Waals surface area contributed by atoms with Crippen LogP contribution >= 0.6 is 0 Å². The first-order valence-electron chi connectivity index (χ1n) is 6.40. The lowest BCUT2D eigenvalue weighted by atomic mass is 10.2. The Labute approximate surface area is 118 Å². The molecule has 0 N–H and O–H groups in total. The predicted octanol–water partition coefficient (Wildman–Crippen LogP) is 0.867. The summed E-state index contributed by atoms with van der Waals surface area (Å²) in [7, 11) is 1.73. The Morgan fingerprint density at radius 3 is 2.75 bits per heavy atom. The maximum absolute atomic E-state index is 12.1. The first-order valence-corrected chi connectivity index (χ1v) is 6.40. The quantitative estimate of drug-likeness (QED) is 0.607. The zero-order valence-electron chi connectivity index (χ0n) is 11.9. The van der Waals surface area contributed by atoms with Gasteiger partial charge in [-0.15, -0.1) is 0 Å². The van der Waals surface area contributed by atoms with E-state index in [4.69, 9.17) is 0 Å². The number of aryl methyl sites for hydroxylation is 1. The fourth-order valence-electron chi connectivity index (χ4n) is 1.97. The lowest BCUT2D eigenvalue weighted by molar-refractivity contribution is -0.133. The van der Waals surface area contributed by atoms with Gasteiger partial charge in [-0.2, -0.15) is 0 Å². The molecule has 1 aliphatic rings. The van der Waals surface area contributed by atoms with Crippen molar-refractivity contribution in [1.82, 2.24) is 19.4 Å². The van der Waals surface area contributed by atoms with Crippen LogP contribution in [0.2, 0.25) is 0 Å². The number of carbonyl (C=O) groups excluding carboxylic acids is 2. The topological polar surface area (TPSA) is 58.4 Å². The van der Waals surface area contributed by atoms with Crippen molar-refractivity contribution in [2.45, 2.75) is 13.8 Å². The number of carbonyl (C=O) groups is 2. The Kier molecular flexibility index (Phi) is 4.02. The van der Waals surface area contributed by atoms with E-state index in [0.717, 1.165) is 11.4 Å². The zero-order chi connectivity index (χ0) is 14.7. The third kappa shape index (κ3) is 2.79. The van der Waals surface area contributed by atoms with Gasteiger partial charge in [0.25, 0.3) is 5.91 Å². The molecule has 1 aliphatic heterocycles. The van der Waals surface area contributed by atoms with E-state index < -0.39 is 0 Å². The van der Waals surface area contributed by atoms with Crippen LogP contribution in [0.25, 0.3) is 5.70 Å². The van der Waals surface area contributed by atoms with Crippen LogP contribution in [0.3, 0.4) is 0 Å². The molecule has 6 nitrogen and oxygen atoms in total. The summed E-state index contributed by atoms with van der Waals surface area (Å²) in [5, 5.41) is 0. The summed E-state index contributed by atoms with van der Waals surface area (Å²) >= 11 is 0. The van der Waals surface area contributed by atoms with Crippen molar-refractivity contribution < 1.29 is 9.59 Å². The van der Waals surface area contributed by atoms with Crippen molar-refractivity contribution in [2.75, 3.05) is 20.1 Å². The number of piperazine rings is 1. The Bertz CT molecular complexity index is 586. The minimum Gasteiger partial charge on any atom is -0.339 e. The SMILES string of the molecule is C/C(=C\C=C1\C(=O)N(C)CCN1C=O)n1cnc(C)c1. The summed E-state index contributed by atoms with van der Waals surface area (Å²) in [5.74, 6) is -0.144. The van der Waals surface area contributed by atoms with Crippen LogP contribution in [0.1, 0.15) is 12.6 Å². The van der Waals surface area contributed by atoms with E-state index >= 15 is 0 Å². The minimum atomic E-state index is -0.144. The second-order valence-corrected chi connectivity index (χ2v) is 4.81. The van der Waals surface area contributed by atoms with Gasteiger partial charge in [0.2, 0.25) is 6.41 Å². The Balaban J connectivity index is 2.27. The van der Waals surface area contributed by atoms with Gasteiger partial charge in [-0.1, -0.05) is 0 Å². The highest BCUT2D eigenvalue weighted by molar-refractivity contribution is 5.96. The van der Waals surface area contributed by atoms with Gasteiger partial charge in [0.05, 0.1) is 12.0 Å². The first kappa shape index (κ1) is 14.0. The number of hydrogen-bond donors (Lipinski definition) is 0. The molecule has 0 atom stereocenters. The van der Waals surface area contributed by atoms with Gasteiger partial charge in [-0.25, -0.2) is 4.98 Å². The number of likely N-dealkylation sites (N-methyl/N-ethyl adjacent to an activating group) is 1. The van der Waals surface area contributed by atoms with Crippen molar-refractivity contribution in [1.29, 1.82) is 0 Å². The number of rotatable bonds is 3. The monoisotopic (exact) mass is 274 g/mol. The molecule has 20 heavy (non-hydrogen) atoms. The molecule has 2 amide bonds. The molecule has 0 aromatic carbocycles. The standard InChI is InChI=1S/C14H18N4O2/c1-11-8-18(9-15-11)12(2)4-5-13-14(20)16(3)6-7-17(13)10-19/h4-5,8-10H,6-7H2,1-3H3/b12-4+,13-5-. The molecule has 1 aromatic heterocycles. The molecule has 0 saturated carbocycles. The van der Waals surface area contributed by atoms with Crippen LogP contribution in [0, 0.1) is 6.92 Å². The van der Waals surface area contributed by atoms with Crippen LogP contribution in [0.15, 0.2) is 30.4 Å². The van der Waals surface area contributed by atoms with Gasteiger partial charge in [-0.3, -0.25) is 9.59 Å². The van der Waals surface area contributed by atoms with Crippen LogP contribution in [-0.4, -0.2) is 51.8 Å². The van der Waals surface area contributed by atoms with Gasteiger partial charge in [-0.05, 0) is 26.0 Å². The first-order chi connectivity index (χ1) is 9.52.